The van der Waals surface area contributed by atoms with Crippen LogP contribution in [0.25, 0.3) is 55.4 Å². The Morgan fingerprint density at radius 1 is 0.690 bits per heavy atom. The molecule has 0 unspecified atom stereocenters. The molecule has 0 bridgehead atoms. The number of furan rings is 1. The minimum Gasteiger partial charge on any atom is -0.455 e. The van der Waals surface area contributed by atoms with Gasteiger partial charge in [0, 0.05) is 26.5 Å². The van der Waals surface area contributed by atoms with Crippen molar-refractivity contribution < 1.29 is 13.1 Å². The predicted octanol–water partition coefficient (Wildman–Crippen LogP) is 10.6. The van der Waals surface area contributed by atoms with Crippen LogP contribution in [0, 0.1) is 13.8 Å². The van der Waals surface area contributed by atoms with E-state index in [-0.39, 0.29) is 10.8 Å². The lowest BCUT2D eigenvalue weighted by Gasteiger charge is -2.28. The third kappa shape index (κ3) is 4.83. The van der Waals surface area contributed by atoms with Gasteiger partial charge in [0.05, 0.1) is 5.56 Å². The molecule has 6 rings (SSSR count). The smallest absolute Gasteiger partial charge is 0.216 e. The van der Waals surface area contributed by atoms with Gasteiger partial charge in [-0.05, 0) is 75.7 Å². The van der Waals surface area contributed by atoms with Crippen molar-refractivity contribution >= 4 is 21.9 Å². The first kappa shape index (κ1) is 24.4. The van der Waals surface area contributed by atoms with Crippen LogP contribution in [-0.2, 0) is 17.9 Å². The van der Waals surface area contributed by atoms with Crippen LogP contribution in [0.15, 0.2) is 95.5 Å². The Balaban J connectivity index is 1.63. The van der Waals surface area contributed by atoms with Gasteiger partial charge in [-0.15, -0.1) is 0 Å². The van der Waals surface area contributed by atoms with Gasteiger partial charge >= 0.3 is 0 Å². The molecule has 0 amide bonds. The molecule has 2 heteroatoms. The van der Waals surface area contributed by atoms with Crippen LogP contribution in [0.4, 0.5) is 0 Å². The molecule has 212 valence electrons. The Kier molecular flexibility index (Phi) is 5.81. The first-order chi connectivity index (χ1) is 21.0. The maximum Gasteiger partial charge on any atom is 0.216 e. The van der Waals surface area contributed by atoms with Crippen molar-refractivity contribution in [2.75, 3.05) is 0 Å². The normalized spacial score (nSPS) is 13.8. The number of hydrogen-bond donors (Lipinski definition) is 0. The first-order valence-electron chi connectivity index (χ1n) is 16.3. The lowest BCUT2D eigenvalue weighted by molar-refractivity contribution is -0.660. The van der Waals surface area contributed by atoms with Gasteiger partial charge in [0.1, 0.15) is 18.2 Å². The van der Waals surface area contributed by atoms with E-state index in [1.807, 2.05) is 29.8 Å². The molecule has 42 heavy (non-hydrogen) atoms. The minimum absolute atomic E-state index is 0.0336. The quantitative estimate of drug-likeness (QED) is 0.199. The van der Waals surface area contributed by atoms with E-state index in [1.165, 1.54) is 5.56 Å². The second-order valence-electron chi connectivity index (χ2n) is 13.7. The second kappa shape index (κ2) is 9.98. The highest BCUT2D eigenvalue weighted by Crippen LogP contribution is 2.41. The van der Waals surface area contributed by atoms with Gasteiger partial charge < -0.3 is 4.42 Å². The standard InChI is InChI=1S/C40H42NO/c1-25-15-18-32-31-19-16-28(27-13-11-10-12-14-27)21-36(31)42-38(32)37(25)35-23-33(26(2)24-41(35)9)30-20-17-29(39(3,4)5)22-34(30)40(6,7)8/h10-24H,1-9H3/q+1/i2D3. The van der Waals surface area contributed by atoms with Crippen LogP contribution in [0.2, 0.25) is 0 Å². The molecule has 2 nitrogen and oxygen atoms in total. The van der Waals surface area contributed by atoms with Gasteiger partial charge in [-0.1, -0.05) is 108 Å². The lowest BCUT2D eigenvalue weighted by atomic mass is 9.77. The highest BCUT2D eigenvalue weighted by atomic mass is 16.3. The van der Waals surface area contributed by atoms with E-state index in [4.69, 9.17) is 8.53 Å². The number of aromatic nitrogens is 1. The van der Waals surface area contributed by atoms with E-state index in [1.54, 1.807) is 6.20 Å². The molecule has 0 radical (unpaired) electrons. The van der Waals surface area contributed by atoms with E-state index in [0.717, 1.165) is 66.6 Å². The molecule has 4 aromatic carbocycles. The van der Waals surface area contributed by atoms with E-state index in [0.29, 0.717) is 5.56 Å². The highest BCUT2D eigenvalue weighted by Gasteiger charge is 2.27. The van der Waals surface area contributed by atoms with Gasteiger partial charge in [0.2, 0.25) is 5.69 Å². The van der Waals surface area contributed by atoms with Crippen LogP contribution in [0.5, 0.6) is 0 Å². The molecule has 2 aromatic heterocycles. The fourth-order valence-corrected chi connectivity index (χ4v) is 6.05. The molecule has 0 aliphatic rings. The molecule has 2 heterocycles. The number of hydrogen-bond acceptors (Lipinski definition) is 1. The van der Waals surface area contributed by atoms with Gasteiger partial charge in [-0.3, -0.25) is 0 Å². The largest absolute Gasteiger partial charge is 0.455 e. The molecule has 0 fully saturated rings. The summed E-state index contributed by atoms with van der Waals surface area (Å²) in [6, 6.07) is 29.6. The Hall–Kier alpha value is -4.17. The van der Waals surface area contributed by atoms with Crippen molar-refractivity contribution in [3.8, 4) is 33.5 Å². The van der Waals surface area contributed by atoms with Gasteiger partial charge in [0.15, 0.2) is 6.20 Å². The van der Waals surface area contributed by atoms with E-state index >= 15 is 0 Å². The SMILES string of the molecule is [2H]C([2H])([2H])c1c[n+](C)c(-c2c(C)ccc3c2oc2cc(-c4ccccc4)ccc23)cc1-c1ccc(C(C)(C)C)cc1C(C)(C)C. The first-order valence-corrected chi connectivity index (χ1v) is 14.8. The third-order valence-electron chi connectivity index (χ3n) is 8.47. The molecule has 0 saturated heterocycles. The summed E-state index contributed by atoms with van der Waals surface area (Å²) in [7, 11) is 1.93. The Morgan fingerprint density at radius 2 is 1.43 bits per heavy atom. The second-order valence-corrected chi connectivity index (χ2v) is 13.7. The maximum atomic E-state index is 8.54. The summed E-state index contributed by atoms with van der Waals surface area (Å²) in [6.07, 6.45) is 1.79. The average molecular weight is 556 g/mol. The van der Waals surface area contributed by atoms with Crippen molar-refractivity contribution in [3.63, 3.8) is 0 Å². The monoisotopic (exact) mass is 555 g/mol. The fourth-order valence-electron chi connectivity index (χ4n) is 6.05. The van der Waals surface area contributed by atoms with Crippen molar-refractivity contribution in [3.05, 3.63) is 113 Å². The van der Waals surface area contributed by atoms with Crippen LogP contribution in [0.3, 0.4) is 0 Å². The van der Waals surface area contributed by atoms with Crippen LogP contribution in [0.1, 0.15) is 67.9 Å². The zero-order valence-electron chi connectivity index (χ0n) is 29.0. The fraction of sp³-hybridized carbons (Fsp3) is 0.275. The Bertz CT molecular complexity index is 2070. The average Bonchev–Trinajstić information content (AvgIpc) is 3.34. The molecule has 0 aliphatic carbocycles. The Morgan fingerprint density at radius 3 is 2.12 bits per heavy atom. The number of rotatable bonds is 3. The molecular formula is C40H42NO+. The van der Waals surface area contributed by atoms with Crippen molar-refractivity contribution in [2.45, 2.75) is 66.1 Å². The molecule has 0 saturated carbocycles. The summed E-state index contributed by atoms with van der Waals surface area (Å²) in [5, 5.41) is 2.09. The topological polar surface area (TPSA) is 17.0 Å². The number of fused-ring (bicyclic) bond motifs is 3. The molecular weight excluding hydrogens is 510 g/mol. The van der Waals surface area contributed by atoms with Gasteiger partial charge in [-0.2, -0.15) is 0 Å². The van der Waals surface area contributed by atoms with Crippen molar-refractivity contribution in [2.24, 2.45) is 7.05 Å². The number of aryl methyl sites for hydroxylation is 3. The van der Waals surface area contributed by atoms with E-state index in [2.05, 4.69) is 115 Å². The summed E-state index contributed by atoms with van der Waals surface area (Å²) < 4.78 is 34.3. The summed E-state index contributed by atoms with van der Waals surface area (Å²) in [6.45, 7) is 13.0. The van der Waals surface area contributed by atoms with Crippen molar-refractivity contribution in [1.29, 1.82) is 0 Å². The summed E-state index contributed by atoms with van der Waals surface area (Å²) >= 11 is 0. The van der Waals surface area contributed by atoms with Gasteiger partial charge in [0.25, 0.3) is 0 Å². The summed E-state index contributed by atoms with van der Waals surface area (Å²) in [5.74, 6) is 0. The molecule has 0 N–H and O–H groups in total. The maximum absolute atomic E-state index is 8.54. The lowest BCUT2D eigenvalue weighted by Crippen LogP contribution is -2.31. The number of nitrogens with zero attached hydrogens (tertiary/aromatic N) is 1. The highest BCUT2D eigenvalue weighted by molar-refractivity contribution is 6.10. The number of benzene rings is 4. The minimum atomic E-state index is -2.29. The summed E-state index contributed by atoms with van der Waals surface area (Å²) in [5.41, 5.74) is 10.9. The molecule has 0 atom stereocenters. The summed E-state index contributed by atoms with van der Waals surface area (Å²) in [4.78, 5) is 0. The van der Waals surface area contributed by atoms with Gasteiger partial charge in [-0.25, -0.2) is 4.57 Å². The number of pyridine rings is 1. The molecule has 0 spiro atoms. The zero-order valence-corrected chi connectivity index (χ0v) is 26.0. The van der Waals surface area contributed by atoms with Crippen molar-refractivity contribution in [1.82, 2.24) is 0 Å². The van der Waals surface area contributed by atoms with E-state index in [9.17, 15) is 0 Å². The molecule has 6 aromatic rings. The zero-order chi connectivity index (χ0) is 32.5. The van der Waals surface area contributed by atoms with Crippen LogP contribution >= 0.6 is 0 Å². The van der Waals surface area contributed by atoms with Crippen LogP contribution < -0.4 is 4.57 Å². The third-order valence-corrected chi connectivity index (χ3v) is 8.47. The molecule has 0 aliphatic heterocycles. The predicted molar refractivity (Wildman–Crippen MR) is 178 cm³/mol. The Labute approximate surface area is 254 Å². The van der Waals surface area contributed by atoms with Crippen LogP contribution in [-0.4, -0.2) is 0 Å². The van der Waals surface area contributed by atoms with E-state index < -0.39 is 6.85 Å².